The molecule has 3 heteroatoms. The summed E-state index contributed by atoms with van der Waals surface area (Å²) in [6, 6.07) is 2.99. The Morgan fingerprint density at radius 2 is 2.00 bits per heavy atom. The topological polar surface area (TPSA) is 24.5 Å². The fourth-order valence-electron chi connectivity index (χ4n) is 3.35. The van der Waals surface area contributed by atoms with Gasteiger partial charge in [-0.15, -0.1) is 0 Å². The third-order valence-electron chi connectivity index (χ3n) is 4.46. The smallest absolute Gasteiger partial charge is 0.0700 e. The van der Waals surface area contributed by atoms with Gasteiger partial charge in [-0.25, -0.2) is 0 Å². The van der Waals surface area contributed by atoms with Crippen molar-refractivity contribution in [2.75, 3.05) is 13.2 Å². The van der Waals surface area contributed by atoms with E-state index in [-0.39, 0.29) is 0 Å². The van der Waals surface area contributed by atoms with E-state index in [1.165, 1.54) is 32.2 Å². The summed E-state index contributed by atoms with van der Waals surface area (Å²) in [5, 5.41) is 3.80. The summed E-state index contributed by atoms with van der Waals surface area (Å²) in [6.45, 7) is 6.78. The monoisotopic (exact) mass is 224 g/mol. The minimum atomic E-state index is 0.408. The van der Waals surface area contributed by atoms with Crippen molar-refractivity contribution < 1.29 is 4.74 Å². The van der Waals surface area contributed by atoms with Crippen molar-refractivity contribution in [3.8, 4) is 0 Å². The third-order valence-corrected chi connectivity index (χ3v) is 4.46. The van der Waals surface area contributed by atoms with E-state index in [9.17, 15) is 0 Å². The minimum Gasteiger partial charge on any atom is -0.377 e. The lowest BCUT2D eigenvalue weighted by Gasteiger charge is -2.22. The van der Waals surface area contributed by atoms with Gasteiger partial charge in [0, 0.05) is 37.3 Å². The van der Waals surface area contributed by atoms with Crippen LogP contribution in [0.5, 0.6) is 0 Å². The summed E-state index contributed by atoms with van der Waals surface area (Å²) >= 11 is 0. The Balaban J connectivity index is 1.52. The predicted molar refractivity (Wildman–Crippen MR) is 64.5 cm³/mol. The largest absolute Gasteiger partial charge is 0.377 e. The van der Waals surface area contributed by atoms with Crippen LogP contribution in [0.25, 0.3) is 0 Å². The molecule has 92 valence electrons. The quantitative estimate of drug-likeness (QED) is 0.784. The van der Waals surface area contributed by atoms with Gasteiger partial charge in [0.25, 0.3) is 0 Å². The molecule has 0 aromatic rings. The number of likely N-dealkylation sites (tertiary alicyclic amines) is 1. The van der Waals surface area contributed by atoms with Crippen LogP contribution in [0.4, 0.5) is 0 Å². The van der Waals surface area contributed by atoms with Gasteiger partial charge in [0.05, 0.1) is 6.10 Å². The van der Waals surface area contributed by atoms with Crippen molar-refractivity contribution in [1.29, 1.82) is 0 Å². The molecule has 2 saturated heterocycles. The van der Waals surface area contributed by atoms with Crippen LogP contribution in [0.2, 0.25) is 0 Å². The van der Waals surface area contributed by atoms with E-state index in [2.05, 4.69) is 24.1 Å². The summed E-state index contributed by atoms with van der Waals surface area (Å²) in [5.74, 6) is 0. The second-order valence-corrected chi connectivity index (χ2v) is 5.85. The Morgan fingerprint density at radius 3 is 2.62 bits per heavy atom. The molecule has 0 spiro atoms. The van der Waals surface area contributed by atoms with Crippen molar-refractivity contribution in [3.63, 3.8) is 0 Å². The van der Waals surface area contributed by atoms with Crippen LogP contribution in [0, 0.1) is 0 Å². The normalized spacial score (nSPS) is 45.4. The molecule has 0 aromatic carbocycles. The van der Waals surface area contributed by atoms with Gasteiger partial charge in [-0.2, -0.15) is 0 Å². The first kappa shape index (κ1) is 11.0. The predicted octanol–water partition coefficient (Wildman–Crippen LogP) is 1.38. The number of nitrogens with one attached hydrogen (secondary N) is 1. The Bertz CT molecular complexity index is 254. The SMILES string of the molecule is CC1OCCC1NC1CC(C)N(C2CC2)C1. The molecule has 3 aliphatic rings. The number of nitrogens with zero attached hydrogens (tertiary/aromatic N) is 1. The molecule has 3 rings (SSSR count). The van der Waals surface area contributed by atoms with Crippen LogP contribution in [0.3, 0.4) is 0 Å². The standard InChI is InChI=1S/C13H24N2O/c1-9-7-11(8-15(9)12-3-4-12)14-13-5-6-16-10(13)2/h9-14H,3-8H2,1-2H3. The molecule has 3 fully saturated rings. The van der Waals surface area contributed by atoms with Crippen LogP contribution in [-0.4, -0.2) is 48.3 Å². The summed E-state index contributed by atoms with van der Waals surface area (Å²) in [6.07, 6.45) is 5.78. The van der Waals surface area contributed by atoms with Crippen molar-refractivity contribution in [2.45, 2.75) is 69.8 Å². The maximum atomic E-state index is 5.61. The molecule has 0 bridgehead atoms. The number of rotatable bonds is 3. The molecule has 0 radical (unpaired) electrons. The lowest BCUT2D eigenvalue weighted by molar-refractivity contribution is 0.111. The van der Waals surface area contributed by atoms with Gasteiger partial charge >= 0.3 is 0 Å². The number of hydrogen-bond donors (Lipinski definition) is 1. The zero-order chi connectivity index (χ0) is 11.1. The lowest BCUT2D eigenvalue weighted by atomic mass is 10.1. The van der Waals surface area contributed by atoms with E-state index in [0.29, 0.717) is 18.2 Å². The molecule has 1 saturated carbocycles. The Morgan fingerprint density at radius 1 is 1.19 bits per heavy atom. The number of hydrogen-bond acceptors (Lipinski definition) is 3. The molecule has 4 atom stereocenters. The van der Waals surface area contributed by atoms with E-state index in [4.69, 9.17) is 4.74 Å². The molecular weight excluding hydrogens is 200 g/mol. The third kappa shape index (κ3) is 2.13. The molecular formula is C13H24N2O. The van der Waals surface area contributed by atoms with Gasteiger partial charge in [0.1, 0.15) is 0 Å². The van der Waals surface area contributed by atoms with Gasteiger partial charge in [-0.1, -0.05) is 0 Å². The van der Waals surface area contributed by atoms with Crippen molar-refractivity contribution in [3.05, 3.63) is 0 Å². The van der Waals surface area contributed by atoms with E-state index in [1.54, 1.807) is 0 Å². The van der Waals surface area contributed by atoms with Crippen LogP contribution >= 0.6 is 0 Å². The van der Waals surface area contributed by atoms with Gasteiger partial charge in [0.15, 0.2) is 0 Å². The fourth-order valence-corrected chi connectivity index (χ4v) is 3.35. The maximum absolute atomic E-state index is 5.61. The summed E-state index contributed by atoms with van der Waals surface area (Å²) in [7, 11) is 0. The summed E-state index contributed by atoms with van der Waals surface area (Å²) < 4.78 is 5.61. The van der Waals surface area contributed by atoms with Crippen LogP contribution in [0.15, 0.2) is 0 Å². The van der Waals surface area contributed by atoms with Gasteiger partial charge in [0.2, 0.25) is 0 Å². The minimum absolute atomic E-state index is 0.408. The van der Waals surface area contributed by atoms with Crippen LogP contribution in [-0.2, 0) is 4.74 Å². The Hall–Kier alpha value is -0.120. The van der Waals surface area contributed by atoms with Crippen molar-refractivity contribution in [2.24, 2.45) is 0 Å². The van der Waals surface area contributed by atoms with Gasteiger partial charge < -0.3 is 10.1 Å². The summed E-state index contributed by atoms with van der Waals surface area (Å²) in [4.78, 5) is 2.71. The fraction of sp³-hybridized carbons (Fsp3) is 1.00. The van der Waals surface area contributed by atoms with Crippen LogP contribution in [0.1, 0.15) is 39.5 Å². The average molecular weight is 224 g/mol. The van der Waals surface area contributed by atoms with E-state index < -0.39 is 0 Å². The van der Waals surface area contributed by atoms with Crippen LogP contribution < -0.4 is 5.32 Å². The van der Waals surface area contributed by atoms with Gasteiger partial charge in [-0.3, -0.25) is 4.90 Å². The first-order chi connectivity index (χ1) is 7.74. The first-order valence-electron chi connectivity index (χ1n) is 6.87. The highest BCUT2D eigenvalue weighted by molar-refractivity contribution is 4.97. The molecule has 0 aromatic heterocycles. The molecule has 3 nitrogen and oxygen atoms in total. The average Bonchev–Trinajstić information content (AvgIpc) is 2.92. The highest BCUT2D eigenvalue weighted by Gasteiger charge is 2.39. The maximum Gasteiger partial charge on any atom is 0.0700 e. The van der Waals surface area contributed by atoms with Crippen molar-refractivity contribution in [1.82, 2.24) is 10.2 Å². The second kappa shape index (κ2) is 4.28. The molecule has 2 heterocycles. The molecule has 16 heavy (non-hydrogen) atoms. The summed E-state index contributed by atoms with van der Waals surface area (Å²) in [5.41, 5.74) is 0. The Kier molecular flexibility index (Phi) is 2.94. The first-order valence-corrected chi connectivity index (χ1v) is 6.87. The molecule has 1 aliphatic carbocycles. The zero-order valence-electron chi connectivity index (χ0n) is 10.5. The molecule has 2 aliphatic heterocycles. The van der Waals surface area contributed by atoms with E-state index >= 15 is 0 Å². The van der Waals surface area contributed by atoms with E-state index in [1.807, 2.05) is 0 Å². The molecule has 1 N–H and O–H groups in total. The highest BCUT2D eigenvalue weighted by Crippen LogP contribution is 2.33. The Labute approximate surface area is 98.5 Å². The lowest BCUT2D eigenvalue weighted by Crippen LogP contribution is -2.43. The molecule has 0 amide bonds. The second-order valence-electron chi connectivity index (χ2n) is 5.85. The number of ether oxygens (including phenoxy) is 1. The van der Waals surface area contributed by atoms with E-state index in [0.717, 1.165) is 18.7 Å². The highest BCUT2D eigenvalue weighted by atomic mass is 16.5. The zero-order valence-corrected chi connectivity index (χ0v) is 10.5. The molecule has 4 unspecified atom stereocenters. The van der Waals surface area contributed by atoms with Crippen molar-refractivity contribution >= 4 is 0 Å². The van der Waals surface area contributed by atoms with Gasteiger partial charge in [-0.05, 0) is 39.5 Å².